The summed E-state index contributed by atoms with van der Waals surface area (Å²) in [6, 6.07) is 6.34. The third kappa shape index (κ3) is 3.09. The molecule has 0 aliphatic rings. The summed E-state index contributed by atoms with van der Waals surface area (Å²) in [5, 5.41) is 26.2. The van der Waals surface area contributed by atoms with Crippen molar-refractivity contribution in [2.24, 2.45) is 0 Å². The molecule has 0 amide bonds. The Morgan fingerprint density at radius 1 is 1.20 bits per heavy atom. The van der Waals surface area contributed by atoms with E-state index in [1.165, 1.54) is 12.1 Å². The van der Waals surface area contributed by atoms with Crippen molar-refractivity contribution in [3.05, 3.63) is 61.0 Å². The zero-order valence-corrected chi connectivity index (χ0v) is 11.3. The Labute approximate surface area is 118 Å². The van der Waals surface area contributed by atoms with Gasteiger partial charge < -0.3 is 5.32 Å². The van der Waals surface area contributed by atoms with Crippen molar-refractivity contribution in [2.75, 3.05) is 5.32 Å². The van der Waals surface area contributed by atoms with Gasteiger partial charge in [-0.25, -0.2) is 0 Å². The predicted octanol–water partition coefficient (Wildman–Crippen LogP) is 3.49. The highest BCUT2D eigenvalue weighted by Gasteiger charge is 2.14. The third-order valence-corrected chi connectivity index (χ3v) is 3.58. The van der Waals surface area contributed by atoms with Crippen molar-refractivity contribution in [3.8, 4) is 0 Å². The second-order valence-corrected chi connectivity index (χ2v) is 5.07. The first-order valence-corrected chi connectivity index (χ1v) is 6.56. The highest BCUT2D eigenvalue weighted by Crippen LogP contribution is 2.27. The smallest absolute Gasteiger partial charge is 0.324 e. The molecule has 0 unspecified atom stereocenters. The van der Waals surface area contributed by atoms with Crippen molar-refractivity contribution in [2.45, 2.75) is 13.5 Å². The Hall–Kier alpha value is -2.48. The zero-order valence-electron chi connectivity index (χ0n) is 10.5. The molecule has 1 aromatic carbocycles. The van der Waals surface area contributed by atoms with E-state index in [9.17, 15) is 20.2 Å². The molecule has 0 saturated carbocycles. The number of benzene rings is 1. The molecule has 1 aromatic heterocycles. The summed E-state index contributed by atoms with van der Waals surface area (Å²) in [6.45, 7) is 2.08. The Kier molecular flexibility index (Phi) is 3.94. The first-order chi connectivity index (χ1) is 9.47. The molecule has 1 heterocycles. The lowest BCUT2D eigenvalue weighted by Crippen LogP contribution is -2.02. The molecule has 0 radical (unpaired) electrons. The van der Waals surface area contributed by atoms with Gasteiger partial charge in [0.2, 0.25) is 0 Å². The highest BCUT2D eigenvalue weighted by molar-refractivity contribution is 7.13. The lowest BCUT2D eigenvalue weighted by atomic mass is 10.2. The van der Waals surface area contributed by atoms with Crippen LogP contribution in [0.3, 0.4) is 0 Å². The van der Waals surface area contributed by atoms with E-state index in [0.717, 1.165) is 22.5 Å². The average molecular weight is 293 g/mol. The maximum absolute atomic E-state index is 11.0. The molecule has 20 heavy (non-hydrogen) atoms. The fourth-order valence-electron chi connectivity index (χ4n) is 1.69. The van der Waals surface area contributed by atoms with Gasteiger partial charge in [-0.2, -0.15) is 0 Å². The van der Waals surface area contributed by atoms with Gasteiger partial charge in [-0.15, -0.1) is 0 Å². The highest BCUT2D eigenvalue weighted by atomic mass is 32.1. The normalized spacial score (nSPS) is 10.2. The maximum Gasteiger partial charge on any atom is 0.324 e. The Bertz CT molecular complexity index is 668. The number of rotatable bonds is 5. The summed E-state index contributed by atoms with van der Waals surface area (Å²) >= 11 is 1.03. The van der Waals surface area contributed by atoms with Gasteiger partial charge in [0, 0.05) is 24.1 Å². The summed E-state index contributed by atoms with van der Waals surface area (Å²) in [4.78, 5) is 20.6. The molecular weight excluding hydrogens is 282 g/mol. The quantitative estimate of drug-likeness (QED) is 0.672. The van der Waals surface area contributed by atoms with E-state index in [4.69, 9.17) is 0 Å². The molecule has 0 atom stereocenters. The number of anilines is 1. The maximum atomic E-state index is 11.0. The van der Waals surface area contributed by atoms with Gasteiger partial charge >= 0.3 is 5.00 Å². The van der Waals surface area contributed by atoms with Crippen LogP contribution in [0.15, 0.2) is 29.6 Å². The van der Waals surface area contributed by atoms with Crippen LogP contribution in [0, 0.1) is 27.2 Å². The van der Waals surface area contributed by atoms with Crippen LogP contribution in [0.2, 0.25) is 0 Å². The van der Waals surface area contributed by atoms with E-state index < -0.39 is 9.85 Å². The second-order valence-electron chi connectivity index (χ2n) is 4.18. The van der Waals surface area contributed by atoms with Crippen LogP contribution in [0.1, 0.15) is 11.1 Å². The summed E-state index contributed by atoms with van der Waals surface area (Å²) in [7, 11) is 0. The van der Waals surface area contributed by atoms with E-state index in [1.807, 2.05) is 0 Å². The standard InChI is InChI=1S/C12H11N3O4S/c1-8-2-3-10(11(4-8)14(16)17)13-6-9-5-12(15(18)19)20-7-9/h2-5,7,13H,6H2,1H3. The Morgan fingerprint density at radius 3 is 2.55 bits per heavy atom. The molecular formula is C12H11N3O4S. The second kappa shape index (κ2) is 5.66. The van der Waals surface area contributed by atoms with E-state index in [0.29, 0.717) is 12.2 Å². The van der Waals surface area contributed by atoms with Crippen LogP contribution >= 0.6 is 11.3 Å². The number of nitrogens with zero attached hydrogens (tertiary/aromatic N) is 2. The van der Waals surface area contributed by atoms with Crippen molar-refractivity contribution >= 4 is 27.7 Å². The van der Waals surface area contributed by atoms with Crippen molar-refractivity contribution in [1.82, 2.24) is 0 Å². The summed E-state index contributed by atoms with van der Waals surface area (Å²) in [5.74, 6) is 0. The van der Waals surface area contributed by atoms with Crippen molar-refractivity contribution in [3.63, 3.8) is 0 Å². The molecule has 1 N–H and O–H groups in total. The van der Waals surface area contributed by atoms with Crippen molar-refractivity contribution < 1.29 is 9.85 Å². The predicted molar refractivity (Wildman–Crippen MR) is 76.1 cm³/mol. The van der Waals surface area contributed by atoms with Gasteiger partial charge in [0.05, 0.1) is 9.85 Å². The van der Waals surface area contributed by atoms with Crippen LogP contribution in [0.5, 0.6) is 0 Å². The van der Waals surface area contributed by atoms with Crippen LogP contribution in [-0.4, -0.2) is 9.85 Å². The number of nitro benzene ring substituents is 1. The van der Waals surface area contributed by atoms with Crippen LogP contribution in [0.4, 0.5) is 16.4 Å². The number of nitrogens with one attached hydrogen (secondary N) is 1. The number of nitro groups is 2. The third-order valence-electron chi connectivity index (χ3n) is 2.65. The van der Waals surface area contributed by atoms with Gasteiger partial charge in [-0.05, 0) is 24.1 Å². The summed E-state index contributed by atoms with van der Waals surface area (Å²) in [5.41, 5.74) is 1.91. The molecule has 0 aliphatic heterocycles. The minimum atomic E-state index is -0.456. The van der Waals surface area contributed by atoms with Crippen LogP contribution in [0.25, 0.3) is 0 Å². The van der Waals surface area contributed by atoms with E-state index >= 15 is 0 Å². The largest absolute Gasteiger partial charge is 0.375 e. The van der Waals surface area contributed by atoms with Gasteiger partial charge in [-0.1, -0.05) is 17.4 Å². The minimum Gasteiger partial charge on any atom is -0.375 e. The van der Waals surface area contributed by atoms with Gasteiger partial charge in [-0.3, -0.25) is 20.2 Å². The molecule has 2 aromatic rings. The molecule has 7 nitrogen and oxygen atoms in total. The Morgan fingerprint density at radius 2 is 1.95 bits per heavy atom. The van der Waals surface area contributed by atoms with Gasteiger partial charge in [0.15, 0.2) is 0 Å². The van der Waals surface area contributed by atoms with E-state index in [-0.39, 0.29) is 10.7 Å². The first kappa shape index (κ1) is 13.9. The number of hydrogen-bond acceptors (Lipinski definition) is 6. The molecule has 0 saturated heterocycles. The monoisotopic (exact) mass is 293 g/mol. The summed E-state index contributed by atoms with van der Waals surface area (Å²) < 4.78 is 0. The number of thiophene rings is 1. The van der Waals surface area contributed by atoms with Crippen LogP contribution in [-0.2, 0) is 6.54 Å². The number of hydrogen-bond donors (Lipinski definition) is 1. The van der Waals surface area contributed by atoms with Crippen molar-refractivity contribution in [1.29, 1.82) is 0 Å². The Balaban J connectivity index is 2.14. The molecule has 2 rings (SSSR count). The van der Waals surface area contributed by atoms with Gasteiger partial charge in [0.25, 0.3) is 5.69 Å². The van der Waals surface area contributed by atoms with Gasteiger partial charge in [0.1, 0.15) is 5.69 Å². The molecule has 0 aliphatic carbocycles. The zero-order chi connectivity index (χ0) is 14.7. The van der Waals surface area contributed by atoms with E-state index in [2.05, 4.69) is 5.32 Å². The van der Waals surface area contributed by atoms with Crippen LogP contribution < -0.4 is 5.32 Å². The molecule has 8 heteroatoms. The minimum absolute atomic E-state index is 0.00488. The molecule has 0 spiro atoms. The molecule has 104 valence electrons. The SMILES string of the molecule is Cc1ccc(NCc2csc([N+](=O)[O-])c2)c([N+](=O)[O-])c1. The lowest BCUT2D eigenvalue weighted by molar-refractivity contribution is -0.384. The fourth-order valence-corrected chi connectivity index (χ4v) is 2.42. The molecule has 0 bridgehead atoms. The van der Waals surface area contributed by atoms with E-state index in [1.54, 1.807) is 24.4 Å². The topological polar surface area (TPSA) is 98.3 Å². The first-order valence-electron chi connectivity index (χ1n) is 5.68. The lowest BCUT2D eigenvalue weighted by Gasteiger charge is -2.06. The fraction of sp³-hybridized carbons (Fsp3) is 0.167. The summed E-state index contributed by atoms with van der Waals surface area (Å²) in [6.07, 6.45) is 0. The average Bonchev–Trinajstić information content (AvgIpc) is 2.86. The molecule has 0 fully saturated rings. The number of aryl methyl sites for hydroxylation is 1.